The number of carbonyl (C=O) groups is 1. The maximum atomic E-state index is 12.1. The standard InChI is InChI=1S/C14H24ClNO2/c15-10-14(6-2-1-3-7-14)11-16-13(17)12-5-4-8-18-9-12/h12H,1-11H2,(H,16,17). The summed E-state index contributed by atoms with van der Waals surface area (Å²) in [4.78, 5) is 12.1. The number of hydrogen-bond donors (Lipinski definition) is 1. The van der Waals surface area contributed by atoms with E-state index in [4.69, 9.17) is 16.3 Å². The van der Waals surface area contributed by atoms with Crippen molar-refractivity contribution in [2.24, 2.45) is 11.3 Å². The van der Waals surface area contributed by atoms with Gasteiger partial charge in [0.1, 0.15) is 0 Å². The van der Waals surface area contributed by atoms with Crippen LogP contribution in [-0.2, 0) is 9.53 Å². The van der Waals surface area contributed by atoms with Crippen LogP contribution >= 0.6 is 11.6 Å². The van der Waals surface area contributed by atoms with Crippen LogP contribution in [0.3, 0.4) is 0 Å². The van der Waals surface area contributed by atoms with Gasteiger partial charge < -0.3 is 10.1 Å². The number of nitrogens with one attached hydrogen (secondary N) is 1. The van der Waals surface area contributed by atoms with E-state index in [-0.39, 0.29) is 17.2 Å². The van der Waals surface area contributed by atoms with E-state index in [9.17, 15) is 4.79 Å². The second kappa shape index (κ2) is 6.76. The van der Waals surface area contributed by atoms with Crippen molar-refractivity contribution in [2.45, 2.75) is 44.9 Å². The Kier molecular flexibility index (Phi) is 5.31. The first-order valence-electron chi connectivity index (χ1n) is 7.17. The lowest BCUT2D eigenvalue weighted by Gasteiger charge is -2.36. The van der Waals surface area contributed by atoms with Crippen LogP contribution in [0.4, 0.5) is 0 Å². The highest BCUT2D eigenvalue weighted by Crippen LogP contribution is 2.36. The highest BCUT2D eigenvalue weighted by molar-refractivity contribution is 6.18. The molecule has 1 N–H and O–H groups in total. The molecule has 0 aromatic rings. The zero-order valence-corrected chi connectivity index (χ0v) is 11.8. The maximum Gasteiger partial charge on any atom is 0.225 e. The second-order valence-corrected chi connectivity index (χ2v) is 6.09. The van der Waals surface area contributed by atoms with Crippen LogP contribution in [0, 0.1) is 11.3 Å². The molecule has 104 valence electrons. The molecule has 1 aliphatic carbocycles. The second-order valence-electron chi connectivity index (χ2n) is 5.83. The lowest BCUT2D eigenvalue weighted by molar-refractivity contribution is -0.129. The molecule has 1 atom stereocenters. The summed E-state index contributed by atoms with van der Waals surface area (Å²) < 4.78 is 5.36. The zero-order valence-electron chi connectivity index (χ0n) is 11.0. The van der Waals surface area contributed by atoms with E-state index >= 15 is 0 Å². The van der Waals surface area contributed by atoms with Crippen LogP contribution in [0.25, 0.3) is 0 Å². The predicted octanol–water partition coefficient (Wildman–Crippen LogP) is 2.72. The molecule has 0 spiro atoms. The number of carbonyl (C=O) groups excluding carboxylic acids is 1. The molecule has 2 fully saturated rings. The van der Waals surface area contributed by atoms with Crippen LogP contribution in [0.1, 0.15) is 44.9 Å². The summed E-state index contributed by atoms with van der Waals surface area (Å²) in [5.74, 6) is 0.869. The molecule has 0 aromatic heterocycles. The summed E-state index contributed by atoms with van der Waals surface area (Å²) in [5.41, 5.74) is 0.144. The van der Waals surface area contributed by atoms with Gasteiger partial charge in [-0.25, -0.2) is 0 Å². The van der Waals surface area contributed by atoms with Crippen molar-refractivity contribution in [3.8, 4) is 0 Å². The summed E-state index contributed by atoms with van der Waals surface area (Å²) in [6.45, 7) is 2.13. The first kappa shape index (κ1) is 14.1. The molecule has 1 heterocycles. The van der Waals surface area contributed by atoms with Crippen molar-refractivity contribution in [3.05, 3.63) is 0 Å². The molecule has 0 aromatic carbocycles. The van der Waals surface area contributed by atoms with Gasteiger partial charge in [0.15, 0.2) is 0 Å². The van der Waals surface area contributed by atoms with E-state index in [1.807, 2.05) is 0 Å². The smallest absolute Gasteiger partial charge is 0.225 e. The molecule has 18 heavy (non-hydrogen) atoms. The fraction of sp³-hybridized carbons (Fsp3) is 0.929. The quantitative estimate of drug-likeness (QED) is 0.800. The number of alkyl halides is 1. The molecule has 1 saturated heterocycles. The average molecular weight is 274 g/mol. The van der Waals surface area contributed by atoms with E-state index in [0.29, 0.717) is 12.5 Å². The number of amides is 1. The largest absolute Gasteiger partial charge is 0.381 e. The monoisotopic (exact) mass is 273 g/mol. The highest BCUT2D eigenvalue weighted by Gasteiger charge is 2.32. The Labute approximate surface area is 115 Å². The molecule has 1 unspecified atom stereocenters. The van der Waals surface area contributed by atoms with Crippen molar-refractivity contribution in [1.82, 2.24) is 5.32 Å². The van der Waals surface area contributed by atoms with Crippen LogP contribution < -0.4 is 5.32 Å². The van der Waals surface area contributed by atoms with E-state index in [1.165, 1.54) is 19.3 Å². The van der Waals surface area contributed by atoms with Gasteiger partial charge in [-0.05, 0) is 25.7 Å². The average Bonchev–Trinajstić information content (AvgIpc) is 2.47. The predicted molar refractivity (Wildman–Crippen MR) is 72.8 cm³/mol. The summed E-state index contributed by atoms with van der Waals surface area (Å²) in [6, 6.07) is 0. The first-order valence-corrected chi connectivity index (χ1v) is 7.71. The van der Waals surface area contributed by atoms with Gasteiger partial charge in [0.2, 0.25) is 5.91 Å². The molecule has 3 nitrogen and oxygen atoms in total. The van der Waals surface area contributed by atoms with Crippen LogP contribution in [0.15, 0.2) is 0 Å². The Morgan fingerprint density at radius 1 is 1.28 bits per heavy atom. The minimum Gasteiger partial charge on any atom is -0.381 e. The molecular formula is C14H24ClNO2. The number of ether oxygens (including phenoxy) is 1. The van der Waals surface area contributed by atoms with Gasteiger partial charge in [-0.15, -0.1) is 11.6 Å². The molecule has 1 aliphatic heterocycles. The molecule has 0 bridgehead atoms. The van der Waals surface area contributed by atoms with E-state index in [2.05, 4.69) is 5.32 Å². The maximum absolute atomic E-state index is 12.1. The van der Waals surface area contributed by atoms with Gasteiger partial charge in [-0.2, -0.15) is 0 Å². The lowest BCUT2D eigenvalue weighted by atomic mass is 9.75. The third-order valence-electron chi connectivity index (χ3n) is 4.37. The van der Waals surface area contributed by atoms with Crippen molar-refractivity contribution in [3.63, 3.8) is 0 Å². The van der Waals surface area contributed by atoms with E-state index < -0.39 is 0 Å². The minimum atomic E-state index is 0.0507. The molecule has 0 radical (unpaired) electrons. The molecule has 1 amide bonds. The number of halogens is 1. The Hall–Kier alpha value is -0.280. The topological polar surface area (TPSA) is 38.3 Å². The highest BCUT2D eigenvalue weighted by atomic mass is 35.5. The fourth-order valence-corrected chi connectivity index (χ4v) is 3.39. The van der Waals surface area contributed by atoms with Crippen molar-refractivity contribution in [2.75, 3.05) is 25.6 Å². The Balaban J connectivity index is 1.79. The normalized spacial score (nSPS) is 27.7. The number of rotatable bonds is 4. The Morgan fingerprint density at radius 3 is 2.67 bits per heavy atom. The third-order valence-corrected chi connectivity index (χ3v) is 4.93. The van der Waals surface area contributed by atoms with Gasteiger partial charge in [-0.1, -0.05) is 19.3 Å². The van der Waals surface area contributed by atoms with Gasteiger partial charge >= 0.3 is 0 Å². The summed E-state index contributed by atoms with van der Waals surface area (Å²) in [5, 5.41) is 3.11. The SMILES string of the molecule is O=C(NCC1(CCl)CCCCC1)C1CCCOC1. The Morgan fingerprint density at radius 2 is 2.06 bits per heavy atom. The first-order chi connectivity index (χ1) is 8.76. The minimum absolute atomic E-state index is 0.0507. The zero-order chi connectivity index (χ0) is 12.8. The lowest BCUT2D eigenvalue weighted by Crippen LogP contribution is -2.43. The van der Waals surface area contributed by atoms with Gasteiger partial charge in [0.05, 0.1) is 12.5 Å². The van der Waals surface area contributed by atoms with Gasteiger partial charge in [0, 0.05) is 24.4 Å². The fourth-order valence-electron chi connectivity index (χ4n) is 3.03. The molecule has 2 aliphatic rings. The van der Waals surface area contributed by atoms with Crippen LogP contribution in [0.5, 0.6) is 0 Å². The van der Waals surface area contributed by atoms with E-state index in [0.717, 1.165) is 38.8 Å². The van der Waals surface area contributed by atoms with Gasteiger partial charge in [-0.3, -0.25) is 4.79 Å². The molecular weight excluding hydrogens is 250 g/mol. The van der Waals surface area contributed by atoms with Crippen LogP contribution in [0.2, 0.25) is 0 Å². The summed E-state index contributed by atoms with van der Waals surface area (Å²) in [6.07, 6.45) is 8.06. The van der Waals surface area contributed by atoms with E-state index in [1.54, 1.807) is 0 Å². The molecule has 1 saturated carbocycles. The van der Waals surface area contributed by atoms with Crippen molar-refractivity contribution < 1.29 is 9.53 Å². The van der Waals surface area contributed by atoms with Crippen LogP contribution in [-0.4, -0.2) is 31.5 Å². The molecule has 2 rings (SSSR count). The van der Waals surface area contributed by atoms with Gasteiger partial charge in [0.25, 0.3) is 0 Å². The number of hydrogen-bond acceptors (Lipinski definition) is 2. The van der Waals surface area contributed by atoms with Crippen molar-refractivity contribution in [1.29, 1.82) is 0 Å². The summed E-state index contributed by atoms with van der Waals surface area (Å²) in [7, 11) is 0. The third kappa shape index (κ3) is 3.61. The van der Waals surface area contributed by atoms with Crippen molar-refractivity contribution >= 4 is 17.5 Å². The molecule has 4 heteroatoms. The summed E-state index contributed by atoms with van der Waals surface area (Å²) >= 11 is 6.13. The Bertz CT molecular complexity index is 271.